The Morgan fingerprint density at radius 2 is 2.25 bits per heavy atom. The molecule has 5 heteroatoms. The number of aryl methyl sites for hydroxylation is 1. The summed E-state index contributed by atoms with van der Waals surface area (Å²) in [4.78, 5) is 15.4. The molecule has 2 rings (SSSR count). The molecule has 0 aliphatic rings. The monoisotopic (exact) mass is 235 g/mol. The van der Waals surface area contributed by atoms with Crippen molar-refractivity contribution in [3.63, 3.8) is 0 Å². The Balaban J connectivity index is 2.67. The zero-order valence-corrected chi connectivity index (χ0v) is 9.40. The lowest BCUT2D eigenvalue weighted by Crippen LogP contribution is -2.14. The van der Waals surface area contributed by atoms with Crippen molar-refractivity contribution in [2.24, 2.45) is 5.73 Å². The third-order valence-electron chi connectivity index (χ3n) is 2.31. The molecule has 16 heavy (non-hydrogen) atoms. The van der Waals surface area contributed by atoms with Crippen molar-refractivity contribution in [3.8, 4) is 5.69 Å². The molecule has 1 heterocycles. The van der Waals surface area contributed by atoms with Crippen LogP contribution < -0.4 is 5.73 Å². The van der Waals surface area contributed by atoms with E-state index in [0.717, 1.165) is 5.82 Å². The Labute approximate surface area is 97.7 Å². The quantitative estimate of drug-likeness (QED) is 0.865. The summed E-state index contributed by atoms with van der Waals surface area (Å²) in [5.74, 6) is 0.282. The molecular weight excluding hydrogens is 226 g/mol. The van der Waals surface area contributed by atoms with Gasteiger partial charge in [0.25, 0.3) is 5.91 Å². The van der Waals surface area contributed by atoms with E-state index in [0.29, 0.717) is 16.3 Å². The molecular formula is C11H10ClN3O. The van der Waals surface area contributed by atoms with Gasteiger partial charge in [-0.25, -0.2) is 4.98 Å². The predicted molar refractivity (Wildman–Crippen MR) is 61.8 cm³/mol. The number of carbonyl (C=O) groups excluding carboxylic acids is 1. The van der Waals surface area contributed by atoms with Crippen LogP contribution in [-0.4, -0.2) is 15.5 Å². The van der Waals surface area contributed by atoms with Crippen molar-refractivity contribution < 1.29 is 4.79 Å². The van der Waals surface area contributed by atoms with Gasteiger partial charge in [0.1, 0.15) is 5.82 Å². The van der Waals surface area contributed by atoms with Gasteiger partial charge in [0.05, 0.1) is 11.3 Å². The molecule has 0 saturated heterocycles. The normalized spacial score (nSPS) is 10.4. The summed E-state index contributed by atoms with van der Waals surface area (Å²) >= 11 is 5.90. The first-order chi connectivity index (χ1) is 7.59. The second-order valence-corrected chi connectivity index (χ2v) is 3.81. The van der Waals surface area contributed by atoms with Gasteiger partial charge < -0.3 is 10.3 Å². The van der Waals surface area contributed by atoms with Crippen LogP contribution in [0.1, 0.15) is 16.2 Å². The van der Waals surface area contributed by atoms with E-state index in [-0.39, 0.29) is 0 Å². The molecule has 0 aliphatic heterocycles. The summed E-state index contributed by atoms with van der Waals surface area (Å²) in [6, 6.07) is 4.94. The highest BCUT2D eigenvalue weighted by atomic mass is 35.5. The Bertz CT molecular complexity index is 548. The number of primary amides is 1. The SMILES string of the molecule is Cc1nccn1-c1cc(Cl)ccc1C(N)=O. The first-order valence-electron chi connectivity index (χ1n) is 4.69. The van der Waals surface area contributed by atoms with E-state index in [1.807, 2.05) is 6.92 Å². The largest absolute Gasteiger partial charge is 0.366 e. The molecule has 0 atom stereocenters. The van der Waals surface area contributed by atoms with Crippen molar-refractivity contribution in [1.29, 1.82) is 0 Å². The highest BCUT2D eigenvalue weighted by Gasteiger charge is 2.11. The maximum atomic E-state index is 11.3. The fraction of sp³-hybridized carbons (Fsp3) is 0.0909. The third-order valence-corrected chi connectivity index (χ3v) is 2.55. The van der Waals surface area contributed by atoms with Gasteiger partial charge in [-0.2, -0.15) is 0 Å². The highest BCUT2D eigenvalue weighted by molar-refractivity contribution is 6.31. The van der Waals surface area contributed by atoms with Gasteiger partial charge in [-0.15, -0.1) is 0 Å². The molecule has 0 spiro atoms. The second-order valence-electron chi connectivity index (χ2n) is 3.37. The highest BCUT2D eigenvalue weighted by Crippen LogP contribution is 2.20. The molecule has 0 unspecified atom stereocenters. The lowest BCUT2D eigenvalue weighted by Gasteiger charge is -2.09. The number of amides is 1. The van der Waals surface area contributed by atoms with E-state index in [1.165, 1.54) is 0 Å². The van der Waals surface area contributed by atoms with Crippen molar-refractivity contribution >= 4 is 17.5 Å². The summed E-state index contributed by atoms with van der Waals surface area (Å²) in [5.41, 5.74) is 6.37. The lowest BCUT2D eigenvalue weighted by atomic mass is 10.1. The standard InChI is InChI=1S/C11H10ClN3O/c1-7-14-4-5-15(7)10-6-8(12)2-3-9(10)11(13)16/h2-6H,1H3,(H2,13,16). The molecule has 4 nitrogen and oxygen atoms in total. The van der Waals surface area contributed by atoms with E-state index in [2.05, 4.69) is 4.98 Å². The van der Waals surface area contributed by atoms with Crippen LogP contribution >= 0.6 is 11.6 Å². The Hall–Kier alpha value is -1.81. The number of hydrogen-bond acceptors (Lipinski definition) is 2. The number of nitrogens with two attached hydrogens (primary N) is 1. The van der Waals surface area contributed by atoms with Crippen molar-refractivity contribution in [2.45, 2.75) is 6.92 Å². The number of carbonyl (C=O) groups is 1. The maximum absolute atomic E-state index is 11.3. The lowest BCUT2D eigenvalue weighted by molar-refractivity contribution is 0.100. The van der Waals surface area contributed by atoms with Gasteiger partial charge >= 0.3 is 0 Å². The van der Waals surface area contributed by atoms with Crippen LogP contribution in [-0.2, 0) is 0 Å². The summed E-state index contributed by atoms with van der Waals surface area (Å²) in [6.45, 7) is 1.84. The molecule has 2 aromatic rings. The zero-order chi connectivity index (χ0) is 11.7. The molecule has 1 aromatic carbocycles. The number of benzene rings is 1. The number of aromatic nitrogens is 2. The molecule has 0 aliphatic carbocycles. The zero-order valence-electron chi connectivity index (χ0n) is 8.64. The van der Waals surface area contributed by atoms with Crippen LogP contribution in [0.2, 0.25) is 5.02 Å². The van der Waals surface area contributed by atoms with Crippen LogP contribution in [0, 0.1) is 6.92 Å². The first kappa shape index (κ1) is 10.7. The van der Waals surface area contributed by atoms with E-state index < -0.39 is 5.91 Å². The molecule has 1 aromatic heterocycles. The minimum Gasteiger partial charge on any atom is -0.366 e. The average Bonchev–Trinajstić information content (AvgIpc) is 2.63. The van der Waals surface area contributed by atoms with Crippen LogP contribution in [0.4, 0.5) is 0 Å². The van der Waals surface area contributed by atoms with Crippen molar-refractivity contribution in [2.75, 3.05) is 0 Å². The van der Waals surface area contributed by atoms with E-state index in [9.17, 15) is 4.79 Å². The molecule has 0 fully saturated rings. The summed E-state index contributed by atoms with van der Waals surface area (Å²) < 4.78 is 1.77. The third kappa shape index (κ3) is 1.79. The topological polar surface area (TPSA) is 60.9 Å². The van der Waals surface area contributed by atoms with Crippen LogP contribution in [0.25, 0.3) is 5.69 Å². The fourth-order valence-electron chi connectivity index (χ4n) is 1.55. The van der Waals surface area contributed by atoms with Gasteiger partial charge in [0.15, 0.2) is 0 Å². The van der Waals surface area contributed by atoms with E-state index in [4.69, 9.17) is 17.3 Å². The minimum atomic E-state index is -0.486. The number of hydrogen-bond donors (Lipinski definition) is 1. The second kappa shape index (κ2) is 3.98. The number of imidazole rings is 1. The predicted octanol–water partition coefficient (Wildman–Crippen LogP) is 1.93. The molecule has 0 radical (unpaired) electrons. The van der Waals surface area contributed by atoms with Gasteiger partial charge in [-0.3, -0.25) is 4.79 Å². The van der Waals surface area contributed by atoms with E-state index >= 15 is 0 Å². The first-order valence-corrected chi connectivity index (χ1v) is 5.07. The van der Waals surface area contributed by atoms with Crippen LogP contribution in [0.15, 0.2) is 30.6 Å². The van der Waals surface area contributed by atoms with Crippen LogP contribution in [0.5, 0.6) is 0 Å². The summed E-state index contributed by atoms with van der Waals surface area (Å²) in [7, 11) is 0. The van der Waals surface area contributed by atoms with Gasteiger partial charge in [-0.05, 0) is 25.1 Å². The fourth-order valence-corrected chi connectivity index (χ4v) is 1.71. The van der Waals surface area contributed by atoms with Crippen LogP contribution in [0.3, 0.4) is 0 Å². The van der Waals surface area contributed by atoms with Gasteiger partial charge in [0, 0.05) is 17.4 Å². The minimum absolute atomic E-state index is 0.422. The molecule has 82 valence electrons. The summed E-state index contributed by atoms with van der Waals surface area (Å²) in [6.07, 6.45) is 3.41. The molecule has 0 saturated carbocycles. The number of halogens is 1. The molecule has 0 bridgehead atoms. The average molecular weight is 236 g/mol. The molecule has 1 amide bonds. The van der Waals surface area contributed by atoms with Crippen molar-refractivity contribution in [3.05, 3.63) is 47.0 Å². The van der Waals surface area contributed by atoms with E-state index in [1.54, 1.807) is 35.2 Å². The maximum Gasteiger partial charge on any atom is 0.250 e. The summed E-state index contributed by atoms with van der Waals surface area (Å²) in [5, 5.41) is 0.549. The van der Waals surface area contributed by atoms with Gasteiger partial charge in [-0.1, -0.05) is 11.6 Å². The van der Waals surface area contributed by atoms with Gasteiger partial charge in [0.2, 0.25) is 0 Å². The van der Waals surface area contributed by atoms with Crippen molar-refractivity contribution in [1.82, 2.24) is 9.55 Å². The smallest absolute Gasteiger partial charge is 0.250 e. The Morgan fingerprint density at radius 1 is 1.50 bits per heavy atom. The number of rotatable bonds is 2. The Morgan fingerprint density at radius 3 is 2.81 bits per heavy atom. The number of nitrogens with zero attached hydrogens (tertiary/aromatic N) is 2. The molecule has 2 N–H and O–H groups in total. The Kier molecular flexibility index (Phi) is 2.66.